The van der Waals surface area contributed by atoms with Crippen LogP contribution in [0.5, 0.6) is 0 Å². The van der Waals surface area contributed by atoms with Gasteiger partial charge in [0.2, 0.25) is 0 Å². The molecule has 0 nitrogen and oxygen atoms in total. The Hall–Kier alpha value is -1.56. The molecule has 0 unspecified atom stereocenters. The molecule has 3 rings (SSSR count). The lowest BCUT2D eigenvalue weighted by molar-refractivity contribution is 0.348. The quantitative estimate of drug-likeness (QED) is 0.507. The minimum Gasteiger partial charge on any atom is -0.0683 e. The molecule has 0 heterocycles. The van der Waals surface area contributed by atoms with E-state index in [9.17, 15) is 0 Å². The summed E-state index contributed by atoms with van der Waals surface area (Å²) in [6.07, 6.45) is 5.51. The van der Waals surface area contributed by atoms with Crippen LogP contribution >= 0.6 is 0 Å². The molecule has 0 heteroatoms. The summed E-state index contributed by atoms with van der Waals surface area (Å²) in [5, 5.41) is 0. The summed E-state index contributed by atoms with van der Waals surface area (Å²) in [4.78, 5) is 0. The Morgan fingerprint density at radius 1 is 0.654 bits per heavy atom. The standard InChI is InChI=1S/C22H28.2C2H6/c1-15-5-7-19(8-6-15)20-9-11-21(12-10-20)22-13-16(2)18(4)17(3)14-22;2*1-2/h9-15,19H,5-8H2,1-4H3;2*1-2H3. The van der Waals surface area contributed by atoms with Crippen LogP contribution in [0.4, 0.5) is 0 Å². The highest BCUT2D eigenvalue weighted by molar-refractivity contribution is 5.66. The largest absolute Gasteiger partial charge is 0.0683 e. The third-order valence-electron chi connectivity index (χ3n) is 5.66. The summed E-state index contributed by atoms with van der Waals surface area (Å²) in [5.74, 6) is 1.71. The molecule has 1 aliphatic carbocycles. The van der Waals surface area contributed by atoms with Crippen molar-refractivity contribution in [3.63, 3.8) is 0 Å². The molecule has 2 aromatic rings. The van der Waals surface area contributed by atoms with E-state index in [1.165, 1.54) is 59.1 Å². The van der Waals surface area contributed by atoms with Gasteiger partial charge in [0.05, 0.1) is 0 Å². The second-order valence-corrected chi connectivity index (χ2v) is 7.31. The second kappa shape index (κ2) is 11.2. The number of aryl methyl sites for hydroxylation is 2. The van der Waals surface area contributed by atoms with E-state index >= 15 is 0 Å². The molecular formula is C26H40. The predicted octanol–water partition coefficient (Wildman–Crippen LogP) is 8.62. The van der Waals surface area contributed by atoms with Crippen molar-refractivity contribution in [1.29, 1.82) is 0 Å². The van der Waals surface area contributed by atoms with Gasteiger partial charge in [0.15, 0.2) is 0 Å². The van der Waals surface area contributed by atoms with Gasteiger partial charge in [-0.05, 0) is 78.8 Å². The first-order chi connectivity index (χ1) is 12.5. The molecule has 1 aliphatic rings. The fourth-order valence-corrected chi connectivity index (χ4v) is 3.74. The van der Waals surface area contributed by atoms with Crippen molar-refractivity contribution in [3.8, 4) is 11.1 Å². The summed E-state index contributed by atoms with van der Waals surface area (Å²) < 4.78 is 0. The summed E-state index contributed by atoms with van der Waals surface area (Å²) in [6.45, 7) is 17.0. The van der Waals surface area contributed by atoms with Crippen LogP contribution in [0.15, 0.2) is 36.4 Å². The first kappa shape index (κ1) is 22.5. The molecule has 1 fully saturated rings. The average Bonchev–Trinajstić information content (AvgIpc) is 2.69. The fraction of sp³-hybridized carbons (Fsp3) is 0.538. The molecule has 0 bridgehead atoms. The fourth-order valence-electron chi connectivity index (χ4n) is 3.74. The highest BCUT2D eigenvalue weighted by Gasteiger charge is 2.19. The minimum atomic E-state index is 0.784. The molecule has 0 atom stereocenters. The van der Waals surface area contributed by atoms with Gasteiger partial charge >= 0.3 is 0 Å². The van der Waals surface area contributed by atoms with Crippen LogP contribution in [0.1, 0.15) is 88.5 Å². The molecule has 0 aromatic heterocycles. The van der Waals surface area contributed by atoms with Crippen molar-refractivity contribution in [2.75, 3.05) is 0 Å². The van der Waals surface area contributed by atoms with Crippen LogP contribution in [0.25, 0.3) is 11.1 Å². The molecule has 0 N–H and O–H groups in total. The van der Waals surface area contributed by atoms with Gasteiger partial charge in [-0.25, -0.2) is 0 Å². The van der Waals surface area contributed by atoms with Crippen molar-refractivity contribution in [3.05, 3.63) is 58.7 Å². The lowest BCUT2D eigenvalue weighted by atomic mass is 9.79. The Kier molecular flexibility index (Phi) is 9.70. The van der Waals surface area contributed by atoms with E-state index in [-0.39, 0.29) is 0 Å². The van der Waals surface area contributed by atoms with E-state index in [0.717, 1.165) is 11.8 Å². The number of hydrogen-bond acceptors (Lipinski definition) is 0. The zero-order valence-corrected chi connectivity index (χ0v) is 18.4. The van der Waals surface area contributed by atoms with Gasteiger partial charge in [0.1, 0.15) is 0 Å². The van der Waals surface area contributed by atoms with Crippen molar-refractivity contribution < 1.29 is 0 Å². The molecule has 0 spiro atoms. The monoisotopic (exact) mass is 352 g/mol. The Balaban J connectivity index is 0.000000791. The molecule has 0 amide bonds. The Bertz CT molecular complexity index is 617. The molecule has 26 heavy (non-hydrogen) atoms. The molecule has 0 aliphatic heterocycles. The van der Waals surface area contributed by atoms with Gasteiger partial charge < -0.3 is 0 Å². The molecule has 0 saturated heterocycles. The maximum Gasteiger partial charge on any atom is -0.0162 e. The summed E-state index contributed by atoms with van der Waals surface area (Å²) >= 11 is 0. The van der Waals surface area contributed by atoms with Crippen LogP contribution < -0.4 is 0 Å². The van der Waals surface area contributed by atoms with Gasteiger partial charge in [-0.3, -0.25) is 0 Å². The summed E-state index contributed by atoms with van der Waals surface area (Å²) in [7, 11) is 0. The van der Waals surface area contributed by atoms with E-state index in [4.69, 9.17) is 0 Å². The number of benzene rings is 2. The molecule has 1 saturated carbocycles. The zero-order valence-electron chi connectivity index (χ0n) is 18.4. The topological polar surface area (TPSA) is 0 Å². The lowest BCUT2D eigenvalue weighted by Gasteiger charge is -2.26. The molecular weight excluding hydrogens is 312 g/mol. The van der Waals surface area contributed by atoms with Gasteiger partial charge in [-0.2, -0.15) is 0 Å². The second-order valence-electron chi connectivity index (χ2n) is 7.31. The highest BCUT2D eigenvalue weighted by Crippen LogP contribution is 2.36. The van der Waals surface area contributed by atoms with Crippen LogP contribution in [0.3, 0.4) is 0 Å². The Morgan fingerprint density at radius 3 is 1.58 bits per heavy atom. The van der Waals surface area contributed by atoms with Crippen molar-refractivity contribution >= 4 is 0 Å². The first-order valence-corrected chi connectivity index (χ1v) is 10.7. The van der Waals surface area contributed by atoms with Gasteiger partial charge in [-0.1, -0.05) is 83.9 Å². The minimum absolute atomic E-state index is 0.784. The number of rotatable bonds is 2. The third-order valence-corrected chi connectivity index (χ3v) is 5.66. The number of hydrogen-bond donors (Lipinski definition) is 0. The van der Waals surface area contributed by atoms with Crippen molar-refractivity contribution in [1.82, 2.24) is 0 Å². The van der Waals surface area contributed by atoms with E-state index in [1.807, 2.05) is 27.7 Å². The van der Waals surface area contributed by atoms with Crippen LogP contribution in [-0.2, 0) is 0 Å². The first-order valence-electron chi connectivity index (χ1n) is 10.7. The molecule has 0 radical (unpaired) electrons. The van der Waals surface area contributed by atoms with Crippen LogP contribution in [0, 0.1) is 26.7 Å². The Morgan fingerprint density at radius 2 is 1.12 bits per heavy atom. The van der Waals surface area contributed by atoms with Crippen LogP contribution in [-0.4, -0.2) is 0 Å². The van der Waals surface area contributed by atoms with Gasteiger partial charge in [0.25, 0.3) is 0 Å². The highest BCUT2D eigenvalue weighted by atomic mass is 14.2. The lowest BCUT2D eigenvalue weighted by Crippen LogP contribution is -2.10. The van der Waals surface area contributed by atoms with E-state index in [1.54, 1.807) is 0 Å². The normalized spacial score (nSPS) is 18.9. The van der Waals surface area contributed by atoms with E-state index < -0.39 is 0 Å². The summed E-state index contributed by atoms with van der Waals surface area (Å²) in [6, 6.07) is 14.0. The predicted molar refractivity (Wildman–Crippen MR) is 119 cm³/mol. The maximum atomic E-state index is 2.39. The summed E-state index contributed by atoms with van der Waals surface area (Å²) in [5.41, 5.74) is 8.43. The van der Waals surface area contributed by atoms with Gasteiger partial charge in [-0.15, -0.1) is 0 Å². The Labute approximate surface area is 163 Å². The molecule has 2 aromatic carbocycles. The maximum absolute atomic E-state index is 2.39. The zero-order chi connectivity index (χ0) is 19.7. The van der Waals surface area contributed by atoms with Crippen molar-refractivity contribution in [2.24, 2.45) is 5.92 Å². The van der Waals surface area contributed by atoms with Crippen LogP contribution in [0.2, 0.25) is 0 Å². The smallest absolute Gasteiger partial charge is 0.0162 e. The SMILES string of the molecule is CC.CC.Cc1cc(-c2ccc(C3CCC(C)CC3)cc2)cc(C)c1C. The third kappa shape index (κ3) is 5.73. The van der Waals surface area contributed by atoms with Crippen molar-refractivity contribution in [2.45, 2.75) is 87.0 Å². The average molecular weight is 353 g/mol. The van der Waals surface area contributed by atoms with E-state index in [0.29, 0.717) is 0 Å². The van der Waals surface area contributed by atoms with E-state index in [2.05, 4.69) is 64.1 Å². The van der Waals surface area contributed by atoms with Gasteiger partial charge in [0, 0.05) is 0 Å². The molecule has 144 valence electrons.